The largest absolute Gasteiger partial charge is 0.480 e. The summed E-state index contributed by atoms with van der Waals surface area (Å²) in [5.74, 6) is -2.25. The number of carboxylic acid groups (broad SMARTS) is 1. The minimum atomic E-state index is -1.08. The smallest absolute Gasteiger partial charge is 0.326 e. The first kappa shape index (κ1) is 38.0. The maximum Gasteiger partial charge on any atom is 0.326 e. The van der Waals surface area contributed by atoms with E-state index in [4.69, 9.17) is 0 Å². The number of piperidine rings is 1. The molecule has 6 atom stereocenters. The van der Waals surface area contributed by atoms with E-state index in [1.165, 1.54) is 0 Å². The molecule has 6 rings (SSSR count). The first-order valence-corrected chi connectivity index (χ1v) is 20.3. The number of amides is 4. The van der Waals surface area contributed by atoms with Gasteiger partial charge in [-0.05, 0) is 92.9 Å². The van der Waals surface area contributed by atoms with Gasteiger partial charge in [-0.25, -0.2) is 4.79 Å². The summed E-state index contributed by atoms with van der Waals surface area (Å²) in [5, 5.41) is 19.0. The van der Waals surface area contributed by atoms with Gasteiger partial charge in [-0.3, -0.25) is 24.1 Å². The van der Waals surface area contributed by atoms with Crippen LogP contribution in [-0.2, 0) is 24.0 Å². The fraction of sp³-hybridized carbons (Fsp3) is 0.875. The van der Waals surface area contributed by atoms with E-state index in [-0.39, 0.29) is 45.9 Å². The summed E-state index contributed by atoms with van der Waals surface area (Å²) in [6, 6.07) is -3.31. The van der Waals surface area contributed by atoms with E-state index < -0.39 is 41.5 Å². The van der Waals surface area contributed by atoms with Crippen LogP contribution in [0.1, 0.15) is 144 Å². The van der Waals surface area contributed by atoms with E-state index in [9.17, 15) is 29.1 Å². The van der Waals surface area contributed by atoms with E-state index in [1.807, 2.05) is 27.7 Å². The van der Waals surface area contributed by atoms with E-state index in [0.29, 0.717) is 31.8 Å². The minimum absolute atomic E-state index is 0.0118. The van der Waals surface area contributed by atoms with Crippen LogP contribution in [-0.4, -0.2) is 93.8 Å². The number of rotatable bonds is 12. The monoisotopic (exact) mass is 711 g/mol. The van der Waals surface area contributed by atoms with Crippen LogP contribution in [0.15, 0.2) is 0 Å². The van der Waals surface area contributed by atoms with Gasteiger partial charge >= 0.3 is 5.97 Å². The molecule has 0 bridgehead atoms. The number of carboxylic acids is 1. The van der Waals surface area contributed by atoms with Crippen molar-refractivity contribution in [2.24, 2.45) is 27.6 Å². The van der Waals surface area contributed by atoms with E-state index in [0.717, 1.165) is 90.0 Å². The molecule has 2 saturated heterocycles. The van der Waals surface area contributed by atoms with Gasteiger partial charge in [0.1, 0.15) is 24.2 Å². The van der Waals surface area contributed by atoms with Gasteiger partial charge in [0.2, 0.25) is 23.6 Å². The number of hydrogen-bond acceptors (Lipinski definition) is 6. The summed E-state index contributed by atoms with van der Waals surface area (Å²) in [7, 11) is 0. The van der Waals surface area contributed by atoms with Crippen molar-refractivity contribution in [3.05, 3.63) is 0 Å². The van der Waals surface area contributed by atoms with Crippen LogP contribution in [0.5, 0.6) is 0 Å². The Morgan fingerprint density at radius 3 is 2.00 bits per heavy atom. The van der Waals surface area contributed by atoms with Crippen molar-refractivity contribution in [1.29, 1.82) is 0 Å². The molecule has 6 aliphatic rings. The van der Waals surface area contributed by atoms with Crippen LogP contribution in [0.4, 0.5) is 0 Å². The molecule has 286 valence electrons. The minimum Gasteiger partial charge on any atom is -0.480 e. The maximum absolute atomic E-state index is 14.9. The second kappa shape index (κ2) is 14.3. The average molecular weight is 712 g/mol. The van der Waals surface area contributed by atoms with Gasteiger partial charge in [0.05, 0.1) is 6.04 Å². The molecule has 4 saturated carbocycles. The Labute approximate surface area is 305 Å². The van der Waals surface area contributed by atoms with Gasteiger partial charge < -0.3 is 26.0 Å². The lowest BCUT2D eigenvalue weighted by Crippen LogP contribution is -2.63. The van der Waals surface area contributed by atoms with Crippen molar-refractivity contribution in [3.63, 3.8) is 0 Å². The molecule has 11 nitrogen and oxygen atoms in total. The summed E-state index contributed by atoms with van der Waals surface area (Å²) >= 11 is 0. The summed E-state index contributed by atoms with van der Waals surface area (Å²) in [6.07, 6.45) is 14.6. The average Bonchev–Trinajstić information content (AvgIpc) is 3.92. The number of likely N-dealkylation sites (tertiary alicyclic amines) is 2. The summed E-state index contributed by atoms with van der Waals surface area (Å²) < 4.78 is 0. The van der Waals surface area contributed by atoms with Gasteiger partial charge in [-0.1, -0.05) is 80.1 Å². The molecule has 0 aromatic carbocycles. The first-order valence-electron chi connectivity index (χ1n) is 20.3. The Bertz CT molecular complexity index is 1360. The third kappa shape index (κ3) is 6.82. The van der Waals surface area contributed by atoms with Crippen molar-refractivity contribution in [3.8, 4) is 0 Å². The number of aliphatic carboxylic acids is 1. The SMILES string of the molecule is CCC[C@@H](NC(=O)[C@@H]1CC2(CN1C(=O)[C@H](NC(=O)[C@@H](NC(=O)[C@H]1CCCCN1C1CC1)C1CCCCC1)C(C)(C)C)C(C)(C)C21CCC1)C(=O)O. The molecule has 4 amide bonds. The van der Waals surface area contributed by atoms with Gasteiger partial charge in [-0.2, -0.15) is 0 Å². The maximum atomic E-state index is 14.9. The Morgan fingerprint density at radius 1 is 0.804 bits per heavy atom. The highest BCUT2D eigenvalue weighted by Crippen LogP contribution is 2.88. The highest BCUT2D eigenvalue weighted by atomic mass is 16.4. The Kier molecular flexibility index (Phi) is 10.6. The molecule has 6 fully saturated rings. The molecule has 11 heteroatoms. The number of nitrogens with zero attached hydrogens (tertiary/aromatic N) is 2. The first-order chi connectivity index (χ1) is 24.1. The number of nitrogens with one attached hydrogen (secondary N) is 3. The summed E-state index contributed by atoms with van der Waals surface area (Å²) in [6.45, 7) is 13.5. The molecule has 2 heterocycles. The number of carbonyl (C=O) groups is 5. The van der Waals surface area contributed by atoms with Gasteiger partial charge in [0, 0.05) is 18.0 Å². The molecular weight excluding hydrogens is 646 g/mol. The standard InChI is InChI=1S/C40H65N5O6/c1-7-14-27(36(50)51)41-33(47)29-23-40(38(5,6)39(40)20-13-21-39)24-45(29)35(49)31(37(2,3)4)43-34(48)30(25-15-9-8-10-16-25)42-32(46)28-17-11-12-22-44(28)26-18-19-26/h25-31H,7-24H2,1-6H3,(H,41,47)(H,42,46)(H,43,48)(H,50,51)/t27-,28-,29+,30+,31+,40?/m1/s1. The molecule has 0 aromatic rings. The van der Waals surface area contributed by atoms with Gasteiger partial charge in [0.15, 0.2) is 0 Å². The van der Waals surface area contributed by atoms with Crippen molar-refractivity contribution in [1.82, 2.24) is 25.8 Å². The van der Waals surface area contributed by atoms with Crippen LogP contribution in [0.3, 0.4) is 0 Å². The normalized spacial score (nSPS) is 30.6. The summed E-state index contributed by atoms with van der Waals surface area (Å²) in [4.78, 5) is 73.6. The molecular formula is C40H65N5O6. The zero-order chi connectivity index (χ0) is 36.9. The molecule has 2 spiro atoms. The Balaban J connectivity index is 1.25. The van der Waals surface area contributed by atoms with Crippen molar-refractivity contribution in [2.45, 2.75) is 181 Å². The Morgan fingerprint density at radius 2 is 1.45 bits per heavy atom. The predicted octanol–water partition coefficient (Wildman–Crippen LogP) is 4.77. The number of hydrogen-bond donors (Lipinski definition) is 4. The highest BCUT2D eigenvalue weighted by molar-refractivity contribution is 5.96. The van der Waals surface area contributed by atoms with Crippen molar-refractivity contribution in [2.75, 3.05) is 13.1 Å². The second-order valence-corrected chi connectivity index (χ2v) is 18.7. The molecule has 0 radical (unpaired) electrons. The van der Waals surface area contributed by atoms with Crippen LogP contribution in [0.25, 0.3) is 0 Å². The summed E-state index contributed by atoms with van der Waals surface area (Å²) in [5.41, 5.74) is -0.938. The topological polar surface area (TPSA) is 148 Å². The lowest BCUT2D eigenvalue weighted by molar-refractivity contribution is -0.146. The quantitative estimate of drug-likeness (QED) is 0.228. The fourth-order valence-electron chi connectivity index (χ4n) is 11.1. The molecule has 4 aliphatic carbocycles. The van der Waals surface area contributed by atoms with E-state index >= 15 is 0 Å². The van der Waals surface area contributed by atoms with Gasteiger partial charge in [0.25, 0.3) is 0 Å². The zero-order valence-electron chi connectivity index (χ0n) is 32.2. The van der Waals surface area contributed by atoms with Crippen molar-refractivity contribution >= 4 is 29.6 Å². The molecule has 0 aromatic heterocycles. The highest BCUT2D eigenvalue weighted by Gasteiger charge is 2.85. The molecule has 51 heavy (non-hydrogen) atoms. The fourth-order valence-corrected chi connectivity index (χ4v) is 11.1. The third-order valence-electron chi connectivity index (χ3n) is 14.6. The molecule has 1 unspecified atom stereocenters. The van der Waals surface area contributed by atoms with Crippen LogP contribution in [0.2, 0.25) is 0 Å². The van der Waals surface area contributed by atoms with E-state index in [1.54, 1.807) is 4.90 Å². The van der Waals surface area contributed by atoms with Crippen LogP contribution < -0.4 is 16.0 Å². The zero-order valence-corrected chi connectivity index (χ0v) is 32.2. The number of fused-ring (bicyclic) bond motifs is 1. The molecule has 4 N–H and O–H groups in total. The lowest BCUT2D eigenvalue weighted by atomic mass is 9.73. The predicted molar refractivity (Wildman–Crippen MR) is 194 cm³/mol. The van der Waals surface area contributed by atoms with Crippen LogP contribution >= 0.6 is 0 Å². The third-order valence-corrected chi connectivity index (χ3v) is 14.6. The van der Waals surface area contributed by atoms with E-state index in [2.05, 4.69) is 34.7 Å². The number of carbonyl (C=O) groups excluding carboxylic acids is 4. The van der Waals surface area contributed by atoms with Crippen molar-refractivity contribution < 1.29 is 29.1 Å². The van der Waals surface area contributed by atoms with Crippen LogP contribution in [0, 0.1) is 27.6 Å². The second-order valence-electron chi connectivity index (χ2n) is 18.7. The van der Waals surface area contributed by atoms with Gasteiger partial charge in [-0.15, -0.1) is 0 Å². The Hall–Kier alpha value is -2.69. The lowest BCUT2D eigenvalue weighted by Gasteiger charge is -2.39. The molecule has 2 aliphatic heterocycles.